The van der Waals surface area contributed by atoms with Gasteiger partial charge in [0.05, 0.1) is 5.02 Å². The van der Waals surface area contributed by atoms with Gasteiger partial charge in [0.15, 0.2) is 5.58 Å². The van der Waals surface area contributed by atoms with E-state index in [4.69, 9.17) is 16.0 Å². The highest BCUT2D eigenvalue weighted by Gasteiger charge is 2.08. The number of nitrogens with one attached hydrogen (secondary N) is 1. The smallest absolute Gasteiger partial charge is 0.153 e. The maximum absolute atomic E-state index is 6.15. The molecule has 0 aliphatic carbocycles. The molecule has 0 saturated heterocycles. The average molecular weight is 300 g/mol. The van der Waals surface area contributed by atoms with E-state index in [0.29, 0.717) is 5.02 Å². The average Bonchev–Trinajstić information content (AvgIpc) is 2.94. The van der Waals surface area contributed by atoms with Crippen molar-refractivity contribution in [2.45, 2.75) is 19.9 Å². The summed E-state index contributed by atoms with van der Waals surface area (Å²) >= 11 is 6.15. The monoisotopic (exact) mass is 299 g/mol. The third-order valence-electron chi connectivity index (χ3n) is 3.49. The van der Waals surface area contributed by atoms with Gasteiger partial charge in [-0.3, -0.25) is 0 Å². The molecule has 0 amide bonds. The standard InChI is InChI=1S/C18H18ClNO/c1-2-10-20-12-13-6-8-14(9-7-13)17-11-15-4-3-5-16(19)18(15)21-17/h3-9,11,20H,2,10,12H2,1H3. The van der Waals surface area contributed by atoms with Gasteiger partial charge in [0, 0.05) is 17.5 Å². The van der Waals surface area contributed by atoms with Crippen molar-refractivity contribution in [2.75, 3.05) is 6.54 Å². The van der Waals surface area contributed by atoms with Crippen LogP contribution in [0.25, 0.3) is 22.3 Å². The minimum Gasteiger partial charge on any atom is -0.455 e. The number of rotatable bonds is 5. The van der Waals surface area contributed by atoms with Crippen LogP contribution in [0, 0.1) is 0 Å². The molecule has 1 N–H and O–H groups in total. The Kier molecular flexibility index (Phi) is 4.28. The number of furan rings is 1. The fourth-order valence-electron chi connectivity index (χ4n) is 2.37. The van der Waals surface area contributed by atoms with E-state index < -0.39 is 0 Å². The second-order valence-electron chi connectivity index (χ2n) is 5.14. The van der Waals surface area contributed by atoms with Crippen LogP contribution in [-0.2, 0) is 6.54 Å². The number of benzene rings is 2. The van der Waals surface area contributed by atoms with Crippen molar-refractivity contribution in [1.82, 2.24) is 5.32 Å². The van der Waals surface area contributed by atoms with Crippen LogP contribution in [0.5, 0.6) is 0 Å². The molecule has 1 heterocycles. The van der Waals surface area contributed by atoms with Gasteiger partial charge in [-0.2, -0.15) is 0 Å². The second kappa shape index (κ2) is 6.33. The van der Waals surface area contributed by atoms with Crippen LogP contribution in [0.4, 0.5) is 0 Å². The predicted octanol–water partition coefficient (Wildman–Crippen LogP) is 5.25. The summed E-state index contributed by atoms with van der Waals surface area (Å²) in [4.78, 5) is 0. The molecule has 0 spiro atoms. The summed E-state index contributed by atoms with van der Waals surface area (Å²) in [5, 5.41) is 5.08. The fraction of sp³-hybridized carbons (Fsp3) is 0.222. The number of halogens is 1. The molecule has 3 aromatic rings. The summed E-state index contributed by atoms with van der Waals surface area (Å²) in [5.74, 6) is 0.853. The minimum absolute atomic E-state index is 0.652. The lowest BCUT2D eigenvalue weighted by Gasteiger charge is -2.04. The van der Waals surface area contributed by atoms with Gasteiger partial charge >= 0.3 is 0 Å². The largest absolute Gasteiger partial charge is 0.455 e. The highest BCUT2D eigenvalue weighted by Crippen LogP contribution is 2.31. The molecule has 2 nitrogen and oxygen atoms in total. The zero-order valence-electron chi connectivity index (χ0n) is 12.0. The summed E-state index contributed by atoms with van der Waals surface area (Å²) < 4.78 is 5.88. The molecule has 0 saturated carbocycles. The van der Waals surface area contributed by atoms with Gasteiger partial charge in [-0.05, 0) is 30.7 Å². The first-order valence-electron chi connectivity index (χ1n) is 7.26. The Bertz CT molecular complexity index is 731. The topological polar surface area (TPSA) is 25.2 Å². The van der Waals surface area contributed by atoms with E-state index in [0.717, 1.165) is 41.8 Å². The molecule has 2 aromatic carbocycles. The summed E-state index contributed by atoms with van der Waals surface area (Å²) in [6.07, 6.45) is 1.15. The summed E-state index contributed by atoms with van der Waals surface area (Å²) in [5.41, 5.74) is 3.10. The zero-order chi connectivity index (χ0) is 14.7. The Morgan fingerprint density at radius 2 is 1.90 bits per heavy atom. The van der Waals surface area contributed by atoms with Gasteiger partial charge in [-0.15, -0.1) is 0 Å². The van der Waals surface area contributed by atoms with Crippen LogP contribution in [0.2, 0.25) is 5.02 Å². The highest BCUT2D eigenvalue weighted by atomic mass is 35.5. The third-order valence-corrected chi connectivity index (χ3v) is 3.79. The van der Waals surface area contributed by atoms with Gasteiger partial charge in [0.2, 0.25) is 0 Å². The minimum atomic E-state index is 0.652. The van der Waals surface area contributed by atoms with Gasteiger partial charge in [0.1, 0.15) is 5.76 Å². The normalized spacial score (nSPS) is 11.1. The van der Waals surface area contributed by atoms with E-state index in [1.165, 1.54) is 5.56 Å². The van der Waals surface area contributed by atoms with E-state index in [1.54, 1.807) is 0 Å². The van der Waals surface area contributed by atoms with E-state index in [2.05, 4.69) is 36.5 Å². The lowest BCUT2D eigenvalue weighted by molar-refractivity contribution is 0.631. The van der Waals surface area contributed by atoms with Crippen molar-refractivity contribution in [3.8, 4) is 11.3 Å². The van der Waals surface area contributed by atoms with Crippen molar-refractivity contribution in [3.63, 3.8) is 0 Å². The number of hydrogen-bond acceptors (Lipinski definition) is 2. The van der Waals surface area contributed by atoms with E-state index in [-0.39, 0.29) is 0 Å². The number of fused-ring (bicyclic) bond motifs is 1. The predicted molar refractivity (Wildman–Crippen MR) is 88.7 cm³/mol. The van der Waals surface area contributed by atoms with E-state index in [9.17, 15) is 0 Å². The quantitative estimate of drug-likeness (QED) is 0.651. The van der Waals surface area contributed by atoms with Crippen molar-refractivity contribution in [1.29, 1.82) is 0 Å². The molecule has 0 aliphatic rings. The van der Waals surface area contributed by atoms with Gasteiger partial charge < -0.3 is 9.73 Å². The van der Waals surface area contributed by atoms with Crippen molar-refractivity contribution >= 4 is 22.6 Å². The highest BCUT2D eigenvalue weighted by molar-refractivity contribution is 6.34. The summed E-state index contributed by atoms with van der Waals surface area (Å²) in [6, 6.07) is 16.3. The third kappa shape index (κ3) is 3.12. The molecule has 21 heavy (non-hydrogen) atoms. The molecular weight excluding hydrogens is 282 g/mol. The molecule has 3 rings (SSSR count). The van der Waals surface area contributed by atoms with Gasteiger partial charge in [-0.1, -0.05) is 54.9 Å². The lowest BCUT2D eigenvalue weighted by atomic mass is 10.1. The maximum Gasteiger partial charge on any atom is 0.153 e. The van der Waals surface area contributed by atoms with E-state index in [1.807, 2.05) is 24.3 Å². The number of hydrogen-bond donors (Lipinski definition) is 1. The second-order valence-corrected chi connectivity index (χ2v) is 5.55. The lowest BCUT2D eigenvalue weighted by Crippen LogP contribution is -2.13. The van der Waals surface area contributed by atoms with Crippen molar-refractivity contribution in [2.24, 2.45) is 0 Å². The fourth-order valence-corrected chi connectivity index (χ4v) is 2.59. The Hall–Kier alpha value is -1.77. The number of para-hydroxylation sites is 1. The molecule has 0 fully saturated rings. The van der Waals surface area contributed by atoms with Crippen LogP contribution in [0.1, 0.15) is 18.9 Å². The van der Waals surface area contributed by atoms with Crippen LogP contribution in [0.15, 0.2) is 52.9 Å². The van der Waals surface area contributed by atoms with E-state index >= 15 is 0 Å². The Morgan fingerprint density at radius 1 is 1.10 bits per heavy atom. The molecule has 0 radical (unpaired) electrons. The Labute approximate surface area is 129 Å². The van der Waals surface area contributed by atoms with Crippen molar-refractivity contribution < 1.29 is 4.42 Å². The first-order valence-corrected chi connectivity index (χ1v) is 7.64. The first-order chi connectivity index (χ1) is 10.3. The molecule has 0 atom stereocenters. The van der Waals surface area contributed by atoms with Crippen molar-refractivity contribution in [3.05, 3.63) is 59.1 Å². The molecular formula is C18H18ClNO. The molecule has 0 unspecified atom stereocenters. The SMILES string of the molecule is CCCNCc1ccc(-c2cc3cccc(Cl)c3o2)cc1. The summed E-state index contributed by atoms with van der Waals surface area (Å²) in [7, 11) is 0. The molecule has 108 valence electrons. The van der Waals surface area contributed by atoms with Gasteiger partial charge in [0.25, 0.3) is 0 Å². The molecule has 3 heteroatoms. The Morgan fingerprint density at radius 3 is 2.62 bits per heavy atom. The zero-order valence-corrected chi connectivity index (χ0v) is 12.8. The molecule has 1 aromatic heterocycles. The molecule has 0 aliphatic heterocycles. The van der Waals surface area contributed by atoms with Crippen LogP contribution < -0.4 is 5.32 Å². The molecule has 0 bridgehead atoms. The Balaban J connectivity index is 1.83. The van der Waals surface area contributed by atoms with Gasteiger partial charge in [-0.25, -0.2) is 0 Å². The van der Waals surface area contributed by atoms with Crippen LogP contribution >= 0.6 is 11.6 Å². The maximum atomic E-state index is 6.15. The summed E-state index contributed by atoms with van der Waals surface area (Å²) in [6.45, 7) is 4.12. The van der Waals surface area contributed by atoms with Crippen LogP contribution in [0.3, 0.4) is 0 Å². The first kappa shape index (κ1) is 14.2. The van der Waals surface area contributed by atoms with Crippen LogP contribution in [-0.4, -0.2) is 6.54 Å².